The molecule has 146 valence electrons. The number of hydrogen-bond donors (Lipinski definition) is 1. The summed E-state index contributed by atoms with van der Waals surface area (Å²) < 4.78 is 5.36. The van der Waals surface area contributed by atoms with Crippen LogP contribution in [-0.4, -0.2) is 17.7 Å². The lowest BCUT2D eigenvalue weighted by atomic mass is 9.97. The van der Waals surface area contributed by atoms with Gasteiger partial charge in [0.2, 0.25) is 0 Å². The maximum atomic E-state index is 12.9. The van der Waals surface area contributed by atoms with Gasteiger partial charge in [-0.1, -0.05) is 78.9 Å². The minimum atomic E-state index is -1.41. The van der Waals surface area contributed by atoms with E-state index in [4.69, 9.17) is 4.74 Å². The molecule has 0 aliphatic carbocycles. The minimum Gasteiger partial charge on any atom is -0.463 e. The van der Waals surface area contributed by atoms with Crippen LogP contribution >= 0.6 is 0 Å². The third-order valence-corrected chi connectivity index (χ3v) is 5.12. The molecule has 4 rings (SSSR count). The fourth-order valence-electron chi connectivity index (χ4n) is 3.87. The molecular weight excluding hydrogens is 362 g/mol. The summed E-state index contributed by atoms with van der Waals surface area (Å²) in [5, 5.41) is 12.0. The topological polar surface area (TPSA) is 49.8 Å². The second-order valence-corrected chi connectivity index (χ2v) is 6.94. The van der Waals surface area contributed by atoms with Crippen molar-refractivity contribution in [3.05, 3.63) is 108 Å². The highest BCUT2D eigenvalue weighted by Crippen LogP contribution is 2.49. The zero-order valence-electron chi connectivity index (χ0n) is 16.3. The molecule has 0 fully saturated rings. The fraction of sp³-hybridized carbons (Fsp3) is 0.160. The second kappa shape index (κ2) is 7.94. The molecule has 1 heterocycles. The summed E-state index contributed by atoms with van der Waals surface area (Å²) in [5.74, 6) is -0.404. The Bertz CT molecular complexity index is 1020. The Labute approximate surface area is 170 Å². The quantitative estimate of drug-likeness (QED) is 0.646. The fourth-order valence-corrected chi connectivity index (χ4v) is 3.87. The highest BCUT2D eigenvalue weighted by atomic mass is 16.5. The van der Waals surface area contributed by atoms with E-state index in [1.54, 1.807) is 6.92 Å². The molecule has 0 saturated heterocycles. The monoisotopic (exact) mass is 385 g/mol. The van der Waals surface area contributed by atoms with Crippen molar-refractivity contribution in [1.29, 1.82) is 0 Å². The molecule has 1 unspecified atom stereocenters. The highest BCUT2D eigenvalue weighted by molar-refractivity contribution is 6.03. The van der Waals surface area contributed by atoms with Gasteiger partial charge in [0.15, 0.2) is 5.72 Å². The molecule has 3 aromatic rings. The molecule has 29 heavy (non-hydrogen) atoms. The maximum absolute atomic E-state index is 12.9. The summed E-state index contributed by atoms with van der Waals surface area (Å²) in [7, 11) is 0. The molecule has 0 aromatic heterocycles. The van der Waals surface area contributed by atoms with Crippen LogP contribution in [0.25, 0.3) is 5.70 Å². The zero-order valence-corrected chi connectivity index (χ0v) is 16.3. The summed E-state index contributed by atoms with van der Waals surface area (Å²) in [6.45, 7) is 2.06. The lowest BCUT2D eigenvalue weighted by Gasteiger charge is -2.38. The van der Waals surface area contributed by atoms with E-state index in [9.17, 15) is 9.90 Å². The zero-order chi connectivity index (χ0) is 20.3. The molecule has 0 amide bonds. The predicted octanol–water partition coefficient (Wildman–Crippen LogP) is 4.72. The molecule has 1 aliphatic rings. The van der Waals surface area contributed by atoms with Gasteiger partial charge in [-0.3, -0.25) is 0 Å². The first kappa shape index (κ1) is 19.0. The van der Waals surface area contributed by atoms with Gasteiger partial charge >= 0.3 is 5.97 Å². The average Bonchev–Trinajstić information content (AvgIpc) is 3.10. The Balaban J connectivity index is 1.97. The van der Waals surface area contributed by atoms with Crippen molar-refractivity contribution in [1.82, 2.24) is 0 Å². The Hall–Kier alpha value is -3.37. The van der Waals surface area contributed by atoms with Crippen LogP contribution in [0.1, 0.15) is 24.5 Å². The van der Waals surface area contributed by atoms with Crippen LogP contribution in [-0.2, 0) is 15.3 Å². The van der Waals surface area contributed by atoms with E-state index < -0.39 is 11.7 Å². The van der Waals surface area contributed by atoms with E-state index in [1.807, 2.05) is 95.9 Å². The van der Waals surface area contributed by atoms with Crippen molar-refractivity contribution >= 4 is 17.4 Å². The SMILES string of the molecule is CCOC(=O)C1=C(c2ccccc2)N(c2ccccc2)C(O)(c2ccccc2)C1. The molecule has 0 saturated carbocycles. The van der Waals surface area contributed by atoms with Crippen molar-refractivity contribution in [2.75, 3.05) is 11.5 Å². The van der Waals surface area contributed by atoms with E-state index in [0.29, 0.717) is 11.3 Å². The Morgan fingerprint density at radius 2 is 1.48 bits per heavy atom. The van der Waals surface area contributed by atoms with E-state index >= 15 is 0 Å². The summed E-state index contributed by atoms with van der Waals surface area (Å²) in [5.41, 5.74) is 2.10. The summed E-state index contributed by atoms with van der Waals surface area (Å²) in [6.07, 6.45) is 0.134. The molecule has 0 spiro atoms. The van der Waals surface area contributed by atoms with Crippen LogP contribution in [0.5, 0.6) is 0 Å². The third-order valence-electron chi connectivity index (χ3n) is 5.12. The number of esters is 1. The van der Waals surface area contributed by atoms with E-state index in [-0.39, 0.29) is 13.0 Å². The predicted molar refractivity (Wildman–Crippen MR) is 114 cm³/mol. The van der Waals surface area contributed by atoms with E-state index in [0.717, 1.165) is 16.8 Å². The number of anilines is 1. The van der Waals surface area contributed by atoms with E-state index in [2.05, 4.69) is 0 Å². The molecule has 1 N–H and O–H groups in total. The Kier molecular flexibility index (Phi) is 5.19. The highest BCUT2D eigenvalue weighted by Gasteiger charge is 2.48. The Morgan fingerprint density at radius 1 is 0.931 bits per heavy atom. The largest absolute Gasteiger partial charge is 0.463 e. The van der Waals surface area contributed by atoms with Crippen LogP contribution in [0, 0.1) is 0 Å². The number of nitrogens with zero attached hydrogens (tertiary/aromatic N) is 1. The van der Waals surface area contributed by atoms with Crippen LogP contribution in [0.2, 0.25) is 0 Å². The van der Waals surface area contributed by atoms with Gasteiger partial charge in [-0.05, 0) is 24.6 Å². The maximum Gasteiger partial charge on any atom is 0.336 e. The van der Waals surface area contributed by atoms with Crippen molar-refractivity contribution in [3.8, 4) is 0 Å². The van der Waals surface area contributed by atoms with Crippen molar-refractivity contribution in [3.63, 3.8) is 0 Å². The number of aliphatic hydroxyl groups is 1. The standard InChI is InChI=1S/C25H23NO3/c1-2-29-24(27)22-18-25(28,20-14-8-4-9-15-20)26(21-16-10-5-11-17-21)23(22)19-12-6-3-7-13-19/h3-17,28H,2,18H2,1H3. The van der Waals surface area contributed by atoms with Gasteiger partial charge in [0, 0.05) is 17.7 Å². The minimum absolute atomic E-state index is 0.134. The number of rotatable bonds is 5. The first-order valence-electron chi connectivity index (χ1n) is 9.74. The van der Waals surface area contributed by atoms with Gasteiger partial charge < -0.3 is 14.7 Å². The van der Waals surface area contributed by atoms with Crippen LogP contribution in [0.4, 0.5) is 5.69 Å². The number of para-hydroxylation sites is 1. The molecule has 1 atom stereocenters. The average molecular weight is 385 g/mol. The first-order chi connectivity index (χ1) is 14.1. The van der Waals surface area contributed by atoms with Crippen molar-refractivity contribution in [2.24, 2.45) is 0 Å². The van der Waals surface area contributed by atoms with Gasteiger partial charge in [0.25, 0.3) is 0 Å². The van der Waals surface area contributed by atoms with Crippen LogP contribution < -0.4 is 4.90 Å². The summed E-state index contributed by atoms with van der Waals surface area (Å²) in [4.78, 5) is 14.8. The number of carbonyl (C=O) groups is 1. The van der Waals surface area contributed by atoms with Crippen molar-refractivity contribution < 1.29 is 14.6 Å². The summed E-state index contributed by atoms with van der Waals surface area (Å²) >= 11 is 0. The lowest BCUT2D eigenvalue weighted by molar-refractivity contribution is -0.139. The molecule has 0 radical (unpaired) electrons. The van der Waals surface area contributed by atoms with Crippen molar-refractivity contribution in [2.45, 2.75) is 19.1 Å². The number of carbonyl (C=O) groups excluding carboxylic acids is 1. The number of hydrogen-bond acceptors (Lipinski definition) is 4. The molecular formula is C25H23NO3. The molecule has 1 aliphatic heterocycles. The van der Waals surface area contributed by atoms with E-state index in [1.165, 1.54) is 0 Å². The second-order valence-electron chi connectivity index (χ2n) is 6.94. The van der Waals surface area contributed by atoms with Gasteiger partial charge in [-0.15, -0.1) is 0 Å². The van der Waals surface area contributed by atoms with Gasteiger partial charge in [-0.25, -0.2) is 4.79 Å². The van der Waals surface area contributed by atoms with Gasteiger partial charge in [-0.2, -0.15) is 0 Å². The van der Waals surface area contributed by atoms with Gasteiger partial charge in [0.05, 0.1) is 17.9 Å². The van der Waals surface area contributed by atoms with Crippen LogP contribution in [0.15, 0.2) is 96.6 Å². The normalized spacial score (nSPS) is 18.8. The van der Waals surface area contributed by atoms with Gasteiger partial charge in [0.1, 0.15) is 0 Å². The third kappa shape index (κ3) is 3.43. The Morgan fingerprint density at radius 3 is 2.07 bits per heavy atom. The number of benzene rings is 3. The molecule has 4 nitrogen and oxygen atoms in total. The molecule has 4 heteroatoms. The smallest absolute Gasteiger partial charge is 0.336 e. The molecule has 0 bridgehead atoms. The van der Waals surface area contributed by atoms with Crippen LogP contribution in [0.3, 0.4) is 0 Å². The first-order valence-corrected chi connectivity index (χ1v) is 9.74. The lowest BCUT2D eigenvalue weighted by Crippen LogP contribution is -2.41. The molecule has 3 aromatic carbocycles. The number of ether oxygens (including phenoxy) is 1. The summed E-state index contributed by atoms with van der Waals surface area (Å²) in [6, 6.07) is 28.8.